The van der Waals surface area contributed by atoms with Crippen molar-refractivity contribution >= 4 is 17.3 Å². The fraction of sp³-hybridized carbons (Fsp3) is 0.267. The van der Waals surface area contributed by atoms with Gasteiger partial charge in [0.05, 0.1) is 5.69 Å². The van der Waals surface area contributed by atoms with Gasteiger partial charge in [0.25, 0.3) is 0 Å². The molecule has 94 valence electrons. The third-order valence-electron chi connectivity index (χ3n) is 3.02. The highest BCUT2D eigenvalue weighted by atomic mass is 35.5. The Labute approximate surface area is 113 Å². The van der Waals surface area contributed by atoms with Gasteiger partial charge in [-0.1, -0.05) is 48.9 Å². The molecule has 0 bridgehead atoms. The second kappa shape index (κ2) is 6.41. The lowest BCUT2D eigenvalue weighted by atomic mass is 9.98. The van der Waals surface area contributed by atoms with E-state index in [9.17, 15) is 0 Å². The van der Waals surface area contributed by atoms with E-state index in [0.29, 0.717) is 11.1 Å². The second-order valence-corrected chi connectivity index (χ2v) is 4.73. The van der Waals surface area contributed by atoms with Crippen LogP contribution in [0.2, 0.25) is 5.15 Å². The maximum atomic E-state index is 5.98. The lowest BCUT2D eigenvalue weighted by molar-refractivity contribution is 0.706. The SMILES string of the molecule is CC(CCNc1cccnc1Cl)c1ccccc1. The molecule has 0 spiro atoms. The summed E-state index contributed by atoms with van der Waals surface area (Å²) in [6, 6.07) is 14.4. The Kier molecular flexibility index (Phi) is 4.59. The first-order chi connectivity index (χ1) is 8.77. The first-order valence-corrected chi connectivity index (χ1v) is 6.54. The number of hydrogen-bond acceptors (Lipinski definition) is 2. The van der Waals surface area contributed by atoms with Crippen LogP contribution in [0, 0.1) is 0 Å². The van der Waals surface area contributed by atoms with Gasteiger partial charge in [-0.2, -0.15) is 0 Å². The van der Waals surface area contributed by atoms with Crippen molar-refractivity contribution < 1.29 is 0 Å². The Morgan fingerprint density at radius 1 is 1.17 bits per heavy atom. The Morgan fingerprint density at radius 2 is 1.94 bits per heavy atom. The van der Waals surface area contributed by atoms with Gasteiger partial charge in [0.2, 0.25) is 0 Å². The first kappa shape index (κ1) is 12.9. The minimum atomic E-state index is 0.532. The van der Waals surface area contributed by atoms with E-state index in [2.05, 4.69) is 41.5 Å². The lowest BCUT2D eigenvalue weighted by Gasteiger charge is -2.13. The summed E-state index contributed by atoms with van der Waals surface area (Å²) in [4.78, 5) is 4.04. The van der Waals surface area contributed by atoms with Gasteiger partial charge in [0.15, 0.2) is 5.15 Å². The van der Waals surface area contributed by atoms with Gasteiger partial charge < -0.3 is 5.32 Å². The van der Waals surface area contributed by atoms with Crippen molar-refractivity contribution in [2.45, 2.75) is 19.3 Å². The zero-order valence-corrected chi connectivity index (χ0v) is 11.2. The number of hydrogen-bond donors (Lipinski definition) is 1. The molecular formula is C15H17ClN2. The van der Waals surface area contributed by atoms with E-state index in [1.54, 1.807) is 6.20 Å². The van der Waals surface area contributed by atoms with Crippen LogP contribution in [0.4, 0.5) is 5.69 Å². The zero-order valence-electron chi connectivity index (χ0n) is 10.4. The molecule has 2 rings (SSSR count). The van der Waals surface area contributed by atoms with Crippen LogP contribution in [0.15, 0.2) is 48.7 Å². The van der Waals surface area contributed by atoms with Gasteiger partial charge >= 0.3 is 0 Å². The highest BCUT2D eigenvalue weighted by molar-refractivity contribution is 6.31. The summed E-state index contributed by atoms with van der Waals surface area (Å²) in [5.74, 6) is 0.536. The van der Waals surface area contributed by atoms with E-state index in [0.717, 1.165) is 18.7 Å². The topological polar surface area (TPSA) is 24.9 Å². The molecule has 0 saturated heterocycles. The molecule has 1 heterocycles. The normalized spacial score (nSPS) is 12.1. The molecule has 1 atom stereocenters. The number of halogens is 1. The average Bonchev–Trinajstić information content (AvgIpc) is 2.42. The number of pyridine rings is 1. The van der Waals surface area contributed by atoms with Crippen LogP contribution in [0.3, 0.4) is 0 Å². The van der Waals surface area contributed by atoms with Crippen molar-refractivity contribution in [1.82, 2.24) is 4.98 Å². The van der Waals surface area contributed by atoms with Crippen LogP contribution in [0.1, 0.15) is 24.8 Å². The van der Waals surface area contributed by atoms with E-state index in [1.807, 2.05) is 18.2 Å². The molecular weight excluding hydrogens is 244 g/mol. The first-order valence-electron chi connectivity index (χ1n) is 6.16. The van der Waals surface area contributed by atoms with Crippen LogP contribution < -0.4 is 5.32 Å². The Hall–Kier alpha value is -1.54. The number of anilines is 1. The molecule has 0 aliphatic rings. The third kappa shape index (κ3) is 3.47. The van der Waals surface area contributed by atoms with Crippen LogP contribution in [-0.4, -0.2) is 11.5 Å². The molecule has 0 radical (unpaired) electrons. The summed E-state index contributed by atoms with van der Waals surface area (Å²) < 4.78 is 0. The van der Waals surface area contributed by atoms with Gasteiger partial charge in [-0.15, -0.1) is 0 Å². The fourth-order valence-corrected chi connectivity index (χ4v) is 2.08. The largest absolute Gasteiger partial charge is 0.383 e. The summed E-state index contributed by atoms with van der Waals surface area (Å²) in [5.41, 5.74) is 2.27. The smallest absolute Gasteiger partial charge is 0.152 e. The highest BCUT2D eigenvalue weighted by Crippen LogP contribution is 2.21. The van der Waals surface area contributed by atoms with E-state index >= 15 is 0 Å². The Bertz CT molecular complexity index is 485. The minimum absolute atomic E-state index is 0.532. The summed E-state index contributed by atoms with van der Waals surface area (Å²) >= 11 is 5.98. The predicted octanol–water partition coefficient (Wildman–Crippen LogP) is 4.34. The van der Waals surface area contributed by atoms with Crippen molar-refractivity contribution in [2.75, 3.05) is 11.9 Å². The van der Waals surface area contributed by atoms with Crippen LogP contribution in [0.5, 0.6) is 0 Å². The van der Waals surface area contributed by atoms with Gasteiger partial charge in [0.1, 0.15) is 0 Å². The molecule has 0 saturated carbocycles. The fourth-order valence-electron chi connectivity index (χ4n) is 1.89. The van der Waals surface area contributed by atoms with E-state index in [1.165, 1.54) is 5.56 Å². The molecule has 3 heteroatoms. The third-order valence-corrected chi connectivity index (χ3v) is 3.32. The van der Waals surface area contributed by atoms with Crippen LogP contribution >= 0.6 is 11.6 Å². The van der Waals surface area contributed by atoms with Crippen molar-refractivity contribution in [3.05, 3.63) is 59.4 Å². The van der Waals surface area contributed by atoms with E-state index < -0.39 is 0 Å². The monoisotopic (exact) mass is 260 g/mol. The van der Waals surface area contributed by atoms with Gasteiger partial charge in [-0.25, -0.2) is 4.98 Å². The molecule has 2 aromatic rings. The van der Waals surface area contributed by atoms with Crippen molar-refractivity contribution in [1.29, 1.82) is 0 Å². The molecule has 18 heavy (non-hydrogen) atoms. The van der Waals surface area contributed by atoms with Crippen molar-refractivity contribution in [3.63, 3.8) is 0 Å². The summed E-state index contributed by atoms with van der Waals surface area (Å²) in [5, 5.41) is 3.85. The molecule has 0 aliphatic heterocycles. The summed E-state index contributed by atoms with van der Waals surface area (Å²) in [6.45, 7) is 3.13. The maximum absolute atomic E-state index is 5.98. The Morgan fingerprint density at radius 3 is 2.67 bits per heavy atom. The number of nitrogens with one attached hydrogen (secondary N) is 1. The number of nitrogens with zero attached hydrogens (tertiary/aromatic N) is 1. The van der Waals surface area contributed by atoms with Crippen LogP contribution in [-0.2, 0) is 0 Å². The molecule has 1 aromatic carbocycles. The average molecular weight is 261 g/mol. The maximum Gasteiger partial charge on any atom is 0.152 e. The van der Waals surface area contributed by atoms with Gasteiger partial charge in [-0.05, 0) is 30.0 Å². The molecule has 0 amide bonds. The van der Waals surface area contributed by atoms with Gasteiger partial charge in [0, 0.05) is 12.7 Å². The highest BCUT2D eigenvalue weighted by Gasteiger charge is 2.05. The minimum Gasteiger partial charge on any atom is -0.383 e. The van der Waals surface area contributed by atoms with Crippen LogP contribution in [0.25, 0.3) is 0 Å². The van der Waals surface area contributed by atoms with Crippen molar-refractivity contribution in [2.24, 2.45) is 0 Å². The summed E-state index contributed by atoms with van der Waals surface area (Å²) in [7, 11) is 0. The molecule has 1 aromatic heterocycles. The van der Waals surface area contributed by atoms with Crippen molar-refractivity contribution in [3.8, 4) is 0 Å². The molecule has 1 N–H and O–H groups in total. The van der Waals surface area contributed by atoms with E-state index in [4.69, 9.17) is 11.6 Å². The summed E-state index contributed by atoms with van der Waals surface area (Å²) in [6.07, 6.45) is 2.76. The lowest BCUT2D eigenvalue weighted by Crippen LogP contribution is -2.06. The quantitative estimate of drug-likeness (QED) is 0.809. The van der Waals surface area contributed by atoms with E-state index in [-0.39, 0.29) is 0 Å². The number of benzene rings is 1. The molecule has 0 aliphatic carbocycles. The predicted molar refractivity (Wildman–Crippen MR) is 77.2 cm³/mol. The second-order valence-electron chi connectivity index (χ2n) is 4.37. The zero-order chi connectivity index (χ0) is 12.8. The molecule has 2 nitrogen and oxygen atoms in total. The molecule has 1 unspecified atom stereocenters. The number of aromatic nitrogens is 1. The Balaban J connectivity index is 1.84. The molecule has 0 fully saturated rings. The van der Waals surface area contributed by atoms with Gasteiger partial charge in [-0.3, -0.25) is 0 Å². The standard InChI is InChI=1S/C15H17ClN2/c1-12(13-6-3-2-4-7-13)9-11-17-14-8-5-10-18-15(14)16/h2-8,10,12,17H,9,11H2,1H3. The number of rotatable bonds is 5.